The van der Waals surface area contributed by atoms with Gasteiger partial charge in [-0.2, -0.15) is 0 Å². The van der Waals surface area contributed by atoms with E-state index in [1.165, 1.54) is 6.07 Å². The maximum atomic E-state index is 13.2. The fourth-order valence-electron chi connectivity index (χ4n) is 4.71. The number of halogens is 1. The van der Waals surface area contributed by atoms with E-state index in [1.807, 2.05) is 38.1 Å². The third-order valence-electron chi connectivity index (χ3n) is 6.13. The van der Waals surface area contributed by atoms with Gasteiger partial charge in [0, 0.05) is 52.4 Å². The van der Waals surface area contributed by atoms with Crippen molar-refractivity contribution in [3.8, 4) is 0 Å². The summed E-state index contributed by atoms with van der Waals surface area (Å²) < 4.78 is 2.16. The van der Waals surface area contributed by atoms with Crippen molar-refractivity contribution < 1.29 is 9.59 Å². The quantitative estimate of drug-likeness (QED) is 0.647. The summed E-state index contributed by atoms with van der Waals surface area (Å²) in [6, 6.07) is 9.30. The van der Waals surface area contributed by atoms with E-state index >= 15 is 0 Å². The number of nitrogens with zero attached hydrogens (tertiary/aromatic N) is 2. The molecule has 6 nitrogen and oxygen atoms in total. The second kappa shape index (κ2) is 6.57. The zero-order valence-corrected chi connectivity index (χ0v) is 17.7. The number of aromatic amines is 1. The number of amides is 1. The van der Waals surface area contributed by atoms with Crippen molar-refractivity contribution in [2.45, 2.75) is 39.8 Å². The van der Waals surface area contributed by atoms with Gasteiger partial charge in [0.15, 0.2) is 5.78 Å². The molecule has 7 heteroatoms. The van der Waals surface area contributed by atoms with Crippen LogP contribution in [0.25, 0.3) is 10.9 Å². The van der Waals surface area contributed by atoms with E-state index in [-0.39, 0.29) is 22.7 Å². The highest BCUT2D eigenvalue weighted by Crippen LogP contribution is 2.33. The predicted octanol–water partition coefficient (Wildman–Crippen LogP) is 3.79. The van der Waals surface area contributed by atoms with E-state index in [0.29, 0.717) is 48.8 Å². The standard InChI is InChI=1S/C23H22ClN3O3/c1-23(2)10-18-16(20(28)11-23)9-17(21(29)25-18)22(30)26-5-6-27-15(12-26)7-13-3-4-14(24)8-19(13)27/h3-4,7-9H,5-6,10-12H2,1-2H3,(H,25,29). The van der Waals surface area contributed by atoms with Crippen LogP contribution in [0.2, 0.25) is 5.02 Å². The number of H-pyrrole nitrogens is 1. The Morgan fingerprint density at radius 2 is 1.90 bits per heavy atom. The van der Waals surface area contributed by atoms with Crippen LogP contribution in [0.3, 0.4) is 0 Å². The lowest BCUT2D eigenvalue weighted by Gasteiger charge is -2.31. The van der Waals surface area contributed by atoms with Crippen molar-refractivity contribution in [3.63, 3.8) is 0 Å². The molecule has 1 aliphatic heterocycles. The zero-order valence-electron chi connectivity index (χ0n) is 16.9. The van der Waals surface area contributed by atoms with Gasteiger partial charge in [0.2, 0.25) is 0 Å². The number of hydrogen-bond acceptors (Lipinski definition) is 3. The number of aromatic nitrogens is 2. The Labute approximate surface area is 178 Å². The monoisotopic (exact) mass is 423 g/mol. The SMILES string of the molecule is CC1(C)CC(=O)c2cc(C(=O)N3CCn4c(cc5ccc(Cl)cc54)C3)c(=O)[nH]c2C1. The first kappa shape index (κ1) is 19.1. The van der Waals surface area contributed by atoms with Crippen molar-refractivity contribution in [1.82, 2.24) is 14.5 Å². The first-order valence-corrected chi connectivity index (χ1v) is 10.5. The molecule has 3 aromatic rings. The van der Waals surface area contributed by atoms with Crippen LogP contribution in [0, 0.1) is 5.41 Å². The molecule has 1 amide bonds. The average molecular weight is 424 g/mol. The largest absolute Gasteiger partial charge is 0.341 e. The molecule has 0 spiro atoms. The molecule has 0 unspecified atom stereocenters. The van der Waals surface area contributed by atoms with Gasteiger partial charge in [0.1, 0.15) is 5.56 Å². The molecular weight excluding hydrogens is 402 g/mol. The lowest BCUT2D eigenvalue weighted by Crippen LogP contribution is -2.41. The smallest absolute Gasteiger partial charge is 0.261 e. The van der Waals surface area contributed by atoms with E-state index < -0.39 is 5.56 Å². The lowest BCUT2D eigenvalue weighted by atomic mass is 9.75. The fourth-order valence-corrected chi connectivity index (χ4v) is 4.87. The highest BCUT2D eigenvalue weighted by molar-refractivity contribution is 6.31. The number of benzene rings is 1. The van der Waals surface area contributed by atoms with Crippen LogP contribution in [0.1, 0.15) is 52.4 Å². The minimum Gasteiger partial charge on any atom is -0.341 e. The van der Waals surface area contributed by atoms with Crippen molar-refractivity contribution >= 4 is 34.2 Å². The van der Waals surface area contributed by atoms with Crippen LogP contribution in [0.4, 0.5) is 0 Å². The van der Waals surface area contributed by atoms with Crippen LogP contribution < -0.4 is 5.56 Å². The normalized spacial score (nSPS) is 17.7. The summed E-state index contributed by atoms with van der Waals surface area (Å²) in [5.74, 6) is -0.367. The van der Waals surface area contributed by atoms with Gasteiger partial charge in [-0.15, -0.1) is 0 Å². The summed E-state index contributed by atoms with van der Waals surface area (Å²) in [6.45, 7) is 5.53. The summed E-state index contributed by atoms with van der Waals surface area (Å²) in [6.07, 6.45) is 1.02. The molecule has 0 fully saturated rings. The predicted molar refractivity (Wildman–Crippen MR) is 115 cm³/mol. The van der Waals surface area contributed by atoms with Crippen LogP contribution >= 0.6 is 11.6 Å². The fraction of sp³-hybridized carbons (Fsp3) is 0.348. The Bertz CT molecular complexity index is 1280. The molecule has 154 valence electrons. The Hall–Kier alpha value is -2.86. The molecule has 0 atom stereocenters. The molecular formula is C23H22ClN3O3. The third kappa shape index (κ3) is 3.06. The van der Waals surface area contributed by atoms with Crippen molar-refractivity contribution in [2.24, 2.45) is 5.41 Å². The van der Waals surface area contributed by atoms with E-state index in [9.17, 15) is 14.4 Å². The molecule has 0 bridgehead atoms. The Kier molecular flexibility index (Phi) is 4.19. The zero-order chi connectivity index (χ0) is 21.2. The van der Waals surface area contributed by atoms with Gasteiger partial charge in [-0.3, -0.25) is 14.4 Å². The highest BCUT2D eigenvalue weighted by atomic mass is 35.5. The maximum absolute atomic E-state index is 13.2. The van der Waals surface area contributed by atoms with E-state index in [4.69, 9.17) is 11.6 Å². The minimum absolute atomic E-state index is 0.0257. The second-order valence-corrected chi connectivity index (χ2v) is 9.50. The van der Waals surface area contributed by atoms with Crippen molar-refractivity contribution in [2.75, 3.05) is 6.54 Å². The van der Waals surface area contributed by atoms with Crippen molar-refractivity contribution in [3.05, 3.63) is 68.2 Å². The highest BCUT2D eigenvalue weighted by Gasteiger charge is 2.33. The molecule has 3 heterocycles. The molecule has 2 aromatic heterocycles. The van der Waals surface area contributed by atoms with Crippen molar-refractivity contribution in [1.29, 1.82) is 0 Å². The Morgan fingerprint density at radius 1 is 1.10 bits per heavy atom. The molecule has 0 saturated heterocycles. The third-order valence-corrected chi connectivity index (χ3v) is 6.37. The lowest BCUT2D eigenvalue weighted by molar-refractivity contribution is 0.0710. The van der Waals surface area contributed by atoms with Gasteiger partial charge in [-0.05, 0) is 36.1 Å². The molecule has 1 aliphatic carbocycles. The number of carbonyl (C=O) groups excluding carboxylic acids is 2. The average Bonchev–Trinajstić information content (AvgIpc) is 3.03. The molecule has 1 N–H and O–H groups in total. The summed E-state index contributed by atoms with van der Waals surface area (Å²) in [5, 5.41) is 1.75. The van der Waals surface area contributed by atoms with Crippen LogP contribution in [-0.4, -0.2) is 32.7 Å². The minimum atomic E-state index is -0.429. The summed E-state index contributed by atoms with van der Waals surface area (Å²) >= 11 is 6.14. The van der Waals surface area contributed by atoms with Crippen LogP contribution in [0.5, 0.6) is 0 Å². The Balaban J connectivity index is 1.48. The van der Waals surface area contributed by atoms with Crippen LogP contribution in [-0.2, 0) is 19.5 Å². The number of ketones is 1. The number of hydrogen-bond donors (Lipinski definition) is 1. The van der Waals surface area contributed by atoms with E-state index in [2.05, 4.69) is 9.55 Å². The molecule has 2 aliphatic rings. The van der Waals surface area contributed by atoms with Gasteiger partial charge in [-0.25, -0.2) is 0 Å². The number of fused-ring (bicyclic) bond motifs is 4. The van der Waals surface area contributed by atoms with Gasteiger partial charge >= 0.3 is 0 Å². The summed E-state index contributed by atoms with van der Waals surface area (Å²) in [5.41, 5.74) is 2.56. The summed E-state index contributed by atoms with van der Waals surface area (Å²) in [7, 11) is 0. The molecule has 5 rings (SSSR count). The van der Waals surface area contributed by atoms with Crippen LogP contribution in [0.15, 0.2) is 35.1 Å². The van der Waals surface area contributed by atoms with E-state index in [0.717, 1.165) is 16.6 Å². The van der Waals surface area contributed by atoms with Gasteiger partial charge < -0.3 is 14.5 Å². The number of nitrogens with one attached hydrogen (secondary N) is 1. The Morgan fingerprint density at radius 3 is 2.70 bits per heavy atom. The topological polar surface area (TPSA) is 75.2 Å². The molecule has 30 heavy (non-hydrogen) atoms. The summed E-state index contributed by atoms with van der Waals surface area (Å²) in [4.78, 5) is 42.9. The van der Waals surface area contributed by atoms with E-state index in [1.54, 1.807) is 4.90 Å². The molecule has 1 aromatic carbocycles. The van der Waals surface area contributed by atoms with Gasteiger partial charge in [0.05, 0.1) is 6.54 Å². The maximum Gasteiger partial charge on any atom is 0.261 e. The number of pyridine rings is 1. The number of rotatable bonds is 1. The second-order valence-electron chi connectivity index (χ2n) is 9.06. The van der Waals surface area contributed by atoms with Gasteiger partial charge in [-0.1, -0.05) is 31.5 Å². The number of Topliss-reactive ketones (excluding diaryl/α,β-unsaturated/α-hetero) is 1. The number of carbonyl (C=O) groups is 2. The molecule has 0 radical (unpaired) electrons. The first-order chi connectivity index (χ1) is 14.2. The van der Waals surface area contributed by atoms with Gasteiger partial charge in [0.25, 0.3) is 11.5 Å². The molecule has 0 saturated carbocycles. The first-order valence-electron chi connectivity index (χ1n) is 10.1.